The first-order chi connectivity index (χ1) is 14.6. The Labute approximate surface area is 181 Å². The van der Waals surface area contributed by atoms with Gasteiger partial charge in [-0.3, -0.25) is 9.59 Å². The van der Waals surface area contributed by atoms with E-state index in [1.807, 2.05) is 32.8 Å². The number of carbonyl (C=O) groups is 2. The number of aliphatic hydroxyl groups excluding tert-OH is 1. The summed E-state index contributed by atoms with van der Waals surface area (Å²) in [6.45, 7) is 4.64. The van der Waals surface area contributed by atoms with Crippen LogP contribution in [0.3, 0.4) is 0 Å². The van der Waals surface area contributed by atoms with E-state index < -0.39 is 29.3 Å². The number of hydrogen-bond donors (Lipinski definition) is 2. The summed E-state index contributed by atoms with van der Waals surface area (Å²) in [6.07, 6.45) is 0.618. The molecular weight excluding hydrogens is 399 g/mol. The Kier molecular flexibility index (Phi) is 6.45. The van der Waals surface area contributed by atoms with E-state index >= 15 is 0 Å². The Balaban J connectivity index is 2.15. The molecule has 0 bridgehead atoms. The zero-order valence-corrected chi connectivity index (χ0v) is 18.1. The molecule has 0 aliphatic carbocycles. The van der Waals surface area contributed by atoms with E-state index in [0.717, 1.165) is 11.1 Å². The molecule has 0 aromatic heterocycles. The molecule has 0 saturated carbocycles. The number of carbonyl (C=O) groups excluding carboxylic acids is 2. The maximum absolute atomic E-state index is 13.5. The van der Waals surface area contributed by atoms with Gasteiger partial charge in [0.25, 0.3) is 11.7 Å². The molecule has 6 nitrogen and oxygen atoms in total. The Hall–Kier alpha value is -3.19. The summed E-state index contributed by atoms with van der Waals surface area (Å²) in [6, 6.07) is 7.72. The Morgan fingerprint density at radius 1 is 1.10 bits per heavy atom. The SMILES string of the molecule is Cc1cc(O)c(C(O)=C2C(=O)C(=O)N(CCCN(C)C)C2c2ccc(F)cc2)cc1C. The van der Waals surface area contributed by atoms with Crippen LogP contribution in [0.25, 0.3) is 5.76 Å². The van der Waals surface area contributed by atoms with Crippen molar-refractivity contribution in [2.24, 2.45) is 0 Å². The predicted octanol–water partition coefficient (Wildman–Crippen LogP) is 3.52. The Morgan fingerprint density at radius 3 is 2.32 bits per heavy atom. The standard InChI is InChI=1S/C24H27FN2O4/c1-14-12-18(19(28)13-15(14)2)22(29)20-21(16-6-8-17(25)9-7-16)27(24(31)23(20)30)11-5-10-26(3)4/h6-9,12-13,21,28-29H,5,10-11H2,1-4H3. The second kappa shape index (κ2) is 8.89. The van der Waals surface area contributed by atoms with Crippen molar-refractivity contribution in [2.75, 3.05) is 27.2 Å². The second-order valence-electron chi connectivity index (χ2n) is 8.15. The van der Waals surface area contributed by atoms with E-state index in [4.69, 9.17) is 0 Å². The Morgan fingerprint density at radius 2 is 1.71 bits per heavy atom. The number of ketones is 1. The molecule has 1 aliphatic heterocycles. The number of nitrogens with zero attached hydrogens (tertiary/aromatic N) is 2. The largest absolute Gasteiger partial charge is 0.507 e. The number of amides is 1. The number of aromatic hydroxyl groups is 1. The number of halogens is 1. The van der Waals surface area contributed by atoms with Crippen molar-refractivity contribution >= 4 is 17.4 Å². The number of benzene rings is 2. The minimum Gasteiger partial charge on any atom is -0.507 e. The van der Waals surface area contributed by atoms with Gasteiger partial charge >= 0.3 is 0 Å². The monoisotopic (exact) mass is 426 g/mol. The third-order valence-electron chi connectivity index (χ3n) is 5.60. The van der Waals surface area contributed by atoms with Crippen LogP contribution in [0.5, 0.6) is 5.75 Å². The van der Waals surface area contributed by atoms with Gasteiger partial charge in [-0.25, -0.2) is 4.39 Å². The highest BCUT2D eigenvalue weighted by atomic mass is 19.1. The first-order valence-corrected chi connectivity index (χ1v) is 10.1. The average molecular weight is 426 g/mol. The maximum atomic E-state index is 13.5. The summed E-state index contributed by atoms with van der Waals surface area (Å²) >= 11 is 0. The van der Waals surface area contributed by atoms with Crippen molar-refractivity contribution in [1.29, 1.82) is 0 Å². The van der Waals surface area contributed by atoms with E-state index in [0.29, 0.717) is 25.1 Å². The van der Waals surface area contributed by atoms with Gasteiger partial charge in [-0.15, -0.1) is 0 Å². The van der Waals surface area contributed by atoms with Crippen molar-refractivity contribution < 1.29 is 24.2 Å². The molecule has 0 radical (unpaired) electrons. The second-order valence-corrected chi connectivity index (χ2v) is 8.15. The molecule has 1 fully saturated rings. The molecule has 2 aromatic carbocycles. The summed E-state index contributed by atoms with van der Waals surface area (Å²) in [5.74, 6) is -2.62. The lowest BCUT2D eigenvalue weighted by Crippen LogP contribution is -2.32. The minimum atomic E-state index is -0.872. The zero-order valence-electron chi connectivity index (χ0n) is 18.1. The topological polar surface area (TPSA) is 81.1 Å². The molecule has 31 heavy (non-hydrogen) atoms. The number of hydrogen-bond acceptors (Lipinski definition) is 5. The molecule has 2 N–H and O–H groups in total. The van der Waals surface area contributed by atoms with Gasteiger partial charge in [0.05, 0.1) is 17.2 Å². The Bertz CT molecular complexity index is 1040. The molecule has 1 saturated heterocycles. The van der Waals surface area contributed by atoms with Crippen LogP contribution in [-0.2, 0) is 9.59 Å². The van der Waals surface area contributed by atoms with Crippen molar-refractivity contribution in [3.05, 3.63) is 70.0 Å². The van der Waals surface area contributed by atoms with Crippen molar-refractivity contribution in [3.63, 3.8) is 0 Å². The van der Waals surface area contributed by atoms with Crippen LogP contribution in [0, 0.1) is 19.7 Å². The highest BCUT2D eigenvalue weighted by molar-refractivity contribution is 6.46. The summed E-state index contributed by atoms with van der Waals surface area (Å²) in [5, 5.41) is 21.5. The van der Waals surface area contributed by atoms with E-state index in [2.05, 4.69) is 0 Å². The van der Waals surface area contributed by atoms with Crippen LogP contribution in [0.2, 0.25) is 0 Å². The molecule has 1 atom stereocenters. The lowest BCUT2D eigenvalue weighted by Gasteiger charge is -2.26. The number of aryl methyl sites for hydroxylation is 2. The summed E-state index contributed by atoms with van der Waals surface area (Å²) in [5.41, 5.74) is 2.13. The maximum Gasteiger partial charge on any atom is 0.295 e. The van der Waals surface area contributed by atoms with Crippen molar-refractivity contribution in [1.82, 2.24) is 9.80 Å². The van der Waals surface area contributed by atoms with Gasteiger partial charge in [-0.1, -0.05) is 12.1 Å². The first-order valence-electron chi connectivity index (χ1n) is 10.1. The highest BCUT2D eigenvalue weighted by Crippen LogP contribution is 2.41. The molecule has 1 aliphatic rings. The first kappa shape index (κ1) is 22.5. The number of phenols is 1. The summed E-state index contributed by atoms with van der Waals surface area (Å²) in [4.78, 5) is 29.2. The zero-order chi connectivity index (χ0) is 22.9. The van der Waals surface area contributed by atoms with E-state index in [1.54, 1.807) is 6.07 Å². The van der Waals surface area contributed by atoms with Crippen LogP contribution in [0.15, 0.2) is 42.0 Å². The van der Waals surface area contributed by atoms with Gasteiger partial charge in [-0.05, 0) is 81.9 Å². The lowest BCUT2D eigenvalue weighted by atomic mass is 9.94. The van der Waals surface area contributed by atoms with Crippen LogP contribution < -0.4 is 0 Å². The van der Waals surface area contributed by atoms with Crippen LogP contribution in [0.4, 0.5) is 4.39 Å². The minimum absolute atomic E-state index is 0.0847. The fraction of sp³-hybridized carbons (Fsp3) is 0.333. The number of rotatable bonds is 6. The molecule has 7 heteroatoms. The normalized spacial score (nSPS) is 18.3. The van der Waals surface area contributed by atoms with Gasteiger partial charge in [0, 0.05) is 6.54 Å². The van der Waals surface area contributed by atoms with Crippen LogP contribution >= 0.6 is 0 Å². The van der Waals surface area contributed by atoms with Gasteiger partial charge in [0.15, 0.2) is 0 Å². The molecular formula is C24H27FN2O4. The van der Waals surface area contributed by atoms with E-state index in [9.17, 15) is 24.2 Å². The molecule has 1 amide bonds. The summed E-state index contributed by atoms with van der Waals surface area (Å²) in [7, 11) is 3.82. The predicted molar refractivity (Wildman–Crippen MR) is 116 cm³/mol. The number of aliphatic hydroxyl groups is 1. The fourth-order valence-electron chi connectivity index (χ4n) is 3.80. The van der Waals surface area contributed by atoms with Gasteiger partial charge in [0.2, 0.25) is 0 Å². The third-order valence-corrected chi connectivity index (χ3v) is 5.60. The molecule has 2 aromatic rings. The van der Waals surface area contributed by atoms with E-state index in [-0.39, 0.29) is 16.9 Å². The molecule has 1 unspecified atom stereocenters. The lowest BCUT2D eigenvalue weighted by molar-refractivity contribution is -0.139. The number of phenolic OH excluding ortho intramolecular Hbond substituents is 1. The average Bonchev–Trinajstić information content (AvgIpc) is 2.95. The van der Waals surface area contributed by atoms with Crippen LogP contribution in [-0.4, -0.2) is 58.9 Å². The van der Waals surface area contributed by atoms with Crippen molar-refractivity contribution in [2.45, 2.75) is 26.3 Å². The summed E-state index contributed by atoms with van der Waals surface area (Å²) < 4.78 is 13.5. The molecule has 0 spiro atoms. The fourth-order valence-corrected chi connectivity index (χ4v) is 3.80. The number of Topliss-reactive ketones (excluding diaryl/α,β-unsaturated/α-hetero) is 1. The third kappa shape index (κ3) is 4.46. The number of likely N-dealkylation sites (tertiary alicyclic amines) is 1. The van der Waals surface area contributed by atoms with Crippen LogP contribution in [0.1, 0.15) is 34.7 Å². The highest BCUT2D eigenvalue weighted by Gasteiger charge is 2.46. The quantitative estimate of drug-likeness (QED) is 0.420. The molecule has 3 rings (SSSR count). The van der Waals surface area contributed by atoms with Gasteiger partial charge in [0.1, 0.15) is 17.3 Å². The molecule has 164 valence electrons. The molecule has 1 heterocycles. The van der Waals surface area contributed by atoms with Gasteiger partial charge in [-0.2, -0.15) is 0 Å². The smallest absolute Gasteiger partial charge is 0.295 e. The van der Waals surface area contributed by atoms with E-state index in [1.165, 1.54) is 35.2 Å². The van der Waals surface area contributed by atoms with Gasteiger partial charge < -0.3 is 20.0 Å². The van der Waals surface area contributed by atoms with Crippen molar-refractivity contribution in [3.8, 4) is 5.75 Å².